The third-order valence-electron chi connectivity index (χ3n) is 5.37. The van der Waals surface area contributed by atoms with Crippen LogP contribution in [0.25, 0.3) is 22.3 Å². The number of rotatable bonds is 8. The molecule has 0 radical (unpaired) electrons. The largest absolute Gasteiger partial charge is 0.382 e. The van der Waals surface area contributed by atoms with Crippen molar-refractivity contribution in [1.29, 1.82) is 0 Å². The molecule has 0 fully saturated rings. The monoisotopic (exact) mass is 412 g/mol. The Hall–Kier alpha value is -3.50. The summed E-state index contributed by atoms with van der Waals surface area (Å²) >= 11 is 0. The van der Waals surface area contributed by atoms with Crippen LogP contribution < -0.4 is 17.0 Å². The van der Waals surface area contributed by atoms with Crippen LogP contribution in [-0.4, -0.2) is 38.2 Å². The summed E-state index contributed by atoms with van der Waals surface area (Å²) in [5.41, 5.74) is 7.05. The van der Waals surface area contributed by atoms with Crippen molar-refractivity contribution < 1.29 is 1.37 Å². The van der Waals surface area contributed by atoms with Crippen LogP contribution in [-0.2, 0) is 27.2 Å². The molecule has 0 amide bonds. The Balaban J connectivity index is 1.29. The SMILES string of the molecule is [2H]c1nc2c(N)ncnc2n1CCCCCCCn1cnc2c1c(=O)n(C)c(=O)n2C. The minimum Gasteiger partial charge on any atom is -0.382 e. The van der Waals surface area contributed by atoms with Crippen LogP contribution in [0.15, 0.2) is 28.5 Å². The lowest BCUT2D eigenvalue weighted by molar-refractivity contribution is 0.540. The van der Waals surface area contributed by atoms with Gasteiger partial charge in [-0.3, -0.25) is 13.9 Å². The topological polar surface area (TPSA) is 131 Å². The van der Waals surface area contributed by atoms with Gasteiger partial charge < -0.3 is 14.9 Å². The first-order valence-electron chi connectivity index (χ1n) is 10.4. The fourth-order valence-electron chi connectivity index (χ4n) is 3.65. The van der Waals surface area contributed by atoms with Gasteiger partial charge in [-0.05, 0) is 12.8 Å². The van der Waals surface area contributed by atoms with Crippen molar-refractivity contribution >= 4 is 28.1 Å². The summed E-state index contributed by atoms with van der Waals surface area (Å²) in [6.07, 6.45) is 7.99. The normalized spacial score (nSPS) is 12.1. The zero-order valence-electron chi connectivity index (χ0n) is 18.1. The Bertz CT molecular complexity index is 1360. The third kappa shape index (κ3) is 3.46. The second-order valence-electron chi connectivity index (χ2n) is 7.38. The van der Waals surface area contributed by atoms with E-state index >= 15 is 0 Å². The number of nitrogens with zero attached hydrogens (tertiary/aromatic N) is 8. The van der Waals surface area contributed by atoms with E-state index in [1.54, 1.807) is 17.9 Å². The molecule has 4 aromatic rings. The zero-order valence-corrected chi connectivity index (χ0v) is 17.1. The fraction of sp³-hybridized carbons (Fsp3) is 0.474. The summed E-state index contributed by atoms with van der Waals surface area (Å²) in [5, 5.41) is 0. The number of unbranched alkanes of at least 4 members (excludes halogenated alkanes) is 4. The van der Waals surface area contributed by atoms with Crippen molar-refractivity contribution in [3.63, 3.8) is 0 Å². The van der Waals surface area contributed by atoms with Crippen molar-refractivity contribution in [2.24, 2.45) is 14.1 Å². The Labute approximate surface area is 173 Å². The number of anilines is 1. The quantitative estimate of drug-likeness (QED) is 0.424. The number of hydrogen-bond acceptors (Lipinski definition) is 7. The summed E-state index contributed by atoms with van der Waals surface area (Å²) in [5.74, 6) is 0.291. The first-order chi connectivity index (χ1) is 14.9. The Morgan fingerprint density at radius 1 is 0.900 bits per heavy atom. The van der Waals surface area contributed by atoms with Gasteiger partial charge in [-0.1, -0.05) is 19.3 Å². The van der Waals surface area contributed by atoms with Crippen LogP contribution in [0.1, 0.15) is 33.5 Å². The summed E-state index contributed by atoms with van der Waals surface area (Å²) in [4.78, 5) is 41.0. The first kappa shape index (κ1) is 18.5. The van der Waals surface area contributed by atoms with Gasteiger partial charge in [0.05, 0.1) is 12.6 Å². The lowest BCUT2D eigenvalue weighted by Gasteiger charge is -2.07. The molecule has 2 N–H and O–H groups in total. The van der Waals surface area contributed by atoms with Gasteiger partial charge in [-0.2, -0.15) is 0 Å². The molecule has 0 aromatic carbocycles. The van der Waals surface area contributed by atoms with E-state index in [1.165, 1.54) is 17.9 Å². The Kier molecular flexibility index (Phi) is 4.99. The second kappa shape index (κ2) is 8.09. The second-order valence-corrected chi connectivity index (χ2v) is 7.38. The van der Waals surface area contributed by atoms with Crippen LogP contribution in [0.2, 0.25) is 0 Å². The average molecular weight is 412 g/mol. The molecule has 0 unspecified atom stereocenters. The van der Waals surface area contributed by atoms with Gasteiger partial charge in [-0.25, -0.2) is 24.7 Å². The standard InChI is InChI=1S/C19H25N9O2/c1-25-17-14(18(29)26(2)19(25)30)27(12-24-17)8-6-4-3-5-7-9-28-11-23-13-15(20)21-10-22-16(13)28/h10-12H,3-9H2,1-2H3,(H2,20,21,22)/i11D. The Morgan fingerprint density at radius 2 is 1.60 bits per heavy atom. The summed E-state index contributed by atoms with van der Waals surface area (Å²) < 4.78 is 14.1. The van der Waals surface area contributed by atoms with Crippen LogP contribution in [0.3, 0.4) is 0 Å². The maximum absolute atomic E-state index is 12.5. The van der Waals surface area contributed by atoms with Crippen molar-refractivity contribution in [3.05, 3.63) is 39.8 Å². The highest BCUT2D eigenvalue weighted by Gasteiger charge is 2.13. The van der Waals surface area contributed by atoms with E-state index in [2.05, 4.69) is 19.9 Å². The molecular formula is C19H25N9O2. The number of fused-ring (bicyclic) bond motifs is 2. The van der Waals surface area contributed by atoms with Crippen LogP contribution in [0.4, 0.5) is 5.82 Å². The molecule has 0 bridgehead atoms. The number of aromatic nitrogens is 8. The lowest BCUT2D eigenvalue weighted by atomic mass is 10.1. The molecule has 4 aromatic heterocycles. The lowest BCUT2D eigenvalue weighted by Crippen LogP contribution is -2.37. The highest BCUT2D eigenvalue weighted by Crippen LogP contribution is 2.15. The van der Waals surface area contributed by atoms with Gasteiger partial charge in [0, 0.05) is 27.2 Å². The van der Waals surface area contributed by atoms with Crippen LogP contribution in [0.5, 0.6) is 0 Å². The van der Waals surface area contributed by atoms with Crippen LogP contribution >= 0.6 is 0 Å². The van der Waals surface area contributed by atoms with Crippen molar-refractivity contribution in [3.8, 4) is 0 Å². The van der Waals surface area contributed by atoms with E-state index in [0.717, 1.165) is 36.7 Å². The molecule has 158 valence electrons. The molecule has 11 nitrogen and oxygen atoms in total. The molecule has 0 aliphatic heterocycles. The van der Waals surface area contributed by atoms with Gasteiger partial charge in [-0.15, -0.1) is 0 Å². The molecule has 0 saturated heterocycles. The number of aryl methyl sites for hydroxylation is 3. The van der Waals surface area contributed by atoms with Crippen molar-refractivity contribution in [2.75, 3.05) is 5.73 Å². The molecule has 4 heterocycles. The maximum atomic E-state index is 12.5. The fourth-order valence-corrected chi connectivity index (χ4v) is 3.65. The predicted molar refractivity (Wildman–Crippen MR) is 113 cm³/mol. The third-order valence-corrected chi connectivity index (χ3v) is 5.37. The van der Waals surface area contributed by atoms with Gasteiger partial charge in [0.2, 0.25) is 0 Å². The van der Waals surface area contributed by atoms with Crippen molar-refractivity contribution in [2.45, 2.75) is 45.2 Å². The molecule has 0 atom stereocenters. The minimum atomic E-state index is -0.376. The van der Waals surface area contributed by atoms with Crippen LogP contribution in [0, 0.1) is 0 Å². The van der Waals surface area contributed by atoms with E-state index in [0.29, 0.717) is 41.2 Å². The van der Waals surface area contributed by atoms with E-state index in [4.69, 9.17) is 7.10 Å². The summed E-state index contributed by atoms with van der Waals surface area (Å²) in [7, 11) is 3.10. The van der Waals surface area contributed by atoms with E-state index < -0.39 is 0 Å². The molecule has 11 heteroatoms. The molecule has 0 spiro atoms. The highest BCUT2D eigenvalue weighted by molar-refractivity contribution is 5.81. The van der Waals surface area contributed by atoms with Gasteiger partial charge in [0.15, 0.2) is 22.6 Å². The van der Waals surface area contributed by atoms with Gasteiger partial charge >= 0.3 is 5.69 Å². The smallest absolute Gasteiger partial charge is 0.332 e. The number of hydrogen-bond donors (Lipinski definition) is 1. The molecule has 0 saturated carbocycles. The predicted octanol–water partition coefficient (Wildman–Crippen LogP) is 0.806. The number of imidazole rings is 2. The van der Waals surface area contributed by atoms with Crippen molar-refractivity contribution in [1.82, 2.24) is 38.2 Å². The Morgan fingerprint density at radius 3 is 2.37 bits per heavy atom. The molecule has 30 heavy (non-hydrogen) atoms. The van der Waals surface area contributed by atoms with Gasteiger partial charge in [0.1, 0.15) is 13.2 Å². The molecule has 4 rings (SSSR count). The van der Waals surface area contributed by atoms with E-state index in [1.807, 2.05) is 4.57 Å². The maximum Gasteiger partial charge on any atom is 0.332 e. The summed E-state index contributed by atoms with van der Waals surface area (Å²) in [6, 6.07) is 0. The van der Waals surface area contributed by atoms with E-state index in [-0.39, 0.29) is 17.6 Å². The molecule has 0 aliphatic rings. The molecular weight excluding hydrogens is 386 g/mol. The first-order valence-corrected chi connectivity index (χ1v) is 9.94. The zero-order chi connectivity index (χ0) is 22.1. The summed E-state index contributed by atoms with van der Waals surface area (Å²) in [6.45, 7) is 1.32. The average Bonchev–Trinajstić information content (AvgIpc) is 3.32. The molecule has 0 aliphatic carbocycles. The van der Waals surface area contributed by atoms with Gasteiger partial charge in [0.25, 0.3) is 5.56 Å². The van der Waals surface area contributed by atoms with E-state index in [9.17, 15) is 9.59 Å². The minimum absolute atomic E-state index is 0.144. The number of nitrogen functional groups attached to an aromatic ring is 1. The highest BCUT2D eigenvalue weighted by atomic mass is 16.2. The number of nitrogens with two attached hydrogens (primary N) is 1.